The SMILES string of the molecule is O=C1CNC(=O)N1CCN1C[C@@H]2CCCN[C@@H]2C1. The normalized spacial score (nSPS) is 32.8. The first-order valence-corrected chi connectivity index (χ1v) is 6.78. The molecule has 18 heavy (non-hydrogen) atoms. The van der Waals surface area contributed by atoms with Crippen LogP contribution in [0.4, 0.5) is 4.79 Å². The summed E-state index contributed by atoms with van der Waals surface area (Å²) in [7, 11) is 0. The third-order valence-corrected chi connectivity index (χ3v) is 4.25. The smallest absolute Gasteiger partial charge is 0.324 e. The zero-order chi connectivity index (χ0) is 12.5. The van der Waals surface area contributed by atoms with Gasteiger partial charge in [-0.25, -0.2) is 4.79 Å². The molecule has 0 bridgehead atoms. The average molecular weight is 252 g/mol. The minimum Gasteiger partial charge on any atom is -0.329 e. The molecule has 100 valence electrons. The molecular formula is C12H20N4O2. The number of carbonyl (C=O) groups excluding carboxylic acids is 2. The van der Waals surface area contributed by atoms with Gasteiger partial charge in [-0.1, -0.05) is 0 Å². The topological polar surface area (TPSA) is 64.7 Å². The highest BCUT2D eigenvalue weighted by atomic mass is 16.2. The number of nitrogens with one attached hydrogen (secondary N) is 2. The van der Waals surface area contributed by atoms with Crippen LogP contribution in [0.5, 0.6) is 0 Å². The van der Waals surface area contributed by atoms with Crippen molar-refractivity contribution in [2.24, 2.45) is 5.92 Å². The second kappa shape index (κ2) is 4.85. The van der Waals surface area contributed by atoms with Crippen molar-refractivity contribution in [1.29, 1.82) is 0 Å². The lowest BCUT2D eigenvalue weighted by atomic mass is 9.94. The molecule has 0 unspecified atom stereocenters. The first-order chi connectivity index (χ1) is 8.74. The van der Waals surface area contributed by atoms with Gasteiger partial charge in [0, 0.05) is 32.2 Å². The first kappa shape index (κ1) is 11.9. The van der Waals surface area contributed by atoms with Crippen molar-refractivity contribution in [3.63, 3.8) is 0 Å². The Morgan fingerprint density at radius 1 is 1.22 bits per heavy atom. The highest BCUT2D eigenvalue weighted by Gasteiger charge is 2.35. The maximum absolute atomic E-state index is 11.5. The summed E-state index contributed by atoms with van der Waals surface area (Å²) in [6, 6.07) is 0.372. The quantitative estimate of drug-likeness (QED) is 0.647. The Morgan fingerprint density at radius 3 is 2.83 bits per heavy atom. The van der Waals surface area contributed by atoms with Gasteiger partial charge < -0.3 is 10.6 Å². The van der Waals surface area contributed by atoms with Crippen LogP contribution in [-0.2, 0) is 4.79 Å². The van der Waals surface area contributed by atoms with Gasteiger partial charge in [0.2, 0.25) is 5.91 Å². The number of fused-ring (bicyclic) bond motifs is 1. The van der Waals surface area contributed by atoms with E-state index >= 15 is 0 Å². The number of nitrogens with zero attached hydrogens (tertiary/aromatic N) is 2. The van der Waals surface area contributed by atoms with E-state index in [-0.39, 0.29) is 18.5 Å². The molecule has 2 N–H and O–H groups in total. The summed E-state index contributed by atoms with van der Waals surface area (Å²) >= 11 is 0. The molecule has 0 spiro atoms. The zero-order valence-corrected chi connectivity index (χ0v) is 10.5. The van der Waals surface area contributed by atoms with Gasteiger partial charge >= 0.3 is 6.03 Å². The van der Waals surface area contributed by atoms with Crippen LogP contribution in [0.15, 0.2) is 0 Å². The Labute approximate surface area is 107 Å². The predicted octanol–water partition coefficient (Wildman–Crippen LogP) is -0.778. The van der Waals surface area contributed by atoms with Crippen LogP contribution < -0.4 is 10.6 Å². The minimum atomic E-state index is -0.241. The van der Waals surface area contributed by atoms with Crippen molar-refractivity contribution in [2.45, 2.75) is 18.9 Å². The Hall–Kier alpha value is -1.14. The molecule has 0 aromatic rings. The molecule has 3 fully saturated rings. The lowest BCUT2D eigenvalue weighted by Gasteiger charge is -2.24. The number of piperidine rings is 1. The second-order valence-corrected chi connectivity index (χ2v) is 5.43. The van der Waals surface area contributed by atoms with E-state index in [4.69, 9.17) is 0 Å². The van der Waals surface area contributed by atoms with E-state index in [9.17, 15) is 9.59 Å². The lowest BCUT2D eigenvalue weighted by molar-refractivity contribution is -0.125. The van der Waals surface area contributed by atoms with E-state index in [2.05, 4.69) is 15.5 Å². The molecular weight excluding hydrogens is 232 g/mol. The summed E-state index contributed by atoms with van der Waals surface area (Å²) in [5.41, 5.74) is 0. The third-order valence-electron chi connectivity index (χ3n) is 4.25. The molecule has 2 atom stereocenters. The van der Waals surface area contributed by atoms with Crippen molar-refractivity contribution < 1.29 is 9.59 Å². The molecule has 0 aliphatic carbocycles. The number of rotatable bonds is 3. The Balaban J connectivity index is 1.49. The van der Waals surface area contributed by atoms with Crippen LogP contribution in [0.1, 0.15) is 12.8 Å². The molecule has 6 nitrogen and oxygen atoms in total. The van der Waals surface area contributed by atoms with Gasteiger partial charge in [-0.3, -0.25) is 14.6 Å². The molecule has 0 aromatic heterocycles. The van der Waals surface area contributed by atoms with E-state index in [1.165, 1.54) is 17.7 Å². The van der Waals surface area contributed by atoms with Crippen LogP contribution in [-0.4, -0.2) is 67.0 Å². The molecule has 3 amide bonds. The van der Waals surface area contributed by atoms with Crippen molar-refractivity contribution in [2.75, 3.05) is 39.3 Å². The van der Waals surface area contributed by atoms with Crippen LogP contribution in [0, 0.1) is 5.92 Å². The van der Waals surface area contributed by atoms with Crippen molar-refractivity contribution >= 4 is 11.9 Å². The fraction of sp³-hybridized carbons (Fsp3) is 0.833. The van der Waals surface area contributed by atoms with Gasteiger partial charge in [0.05, 0.1) is 6.54 Å². The Bertz CT molecular complexity index is 330. The highest BCUT2D eigenvalue weighted by molar-refractivity contribution is 6.01. The number of hydrogen-bond acceptors (Lipinski definition) is 4. The van der Waals surface area contributed by atoms with Gasteiger partial charge in [-0.2, -0.15) is 0 Å². The predicted molar refractivity (Wildman–Crippen MR) is 66.1 cm³/mol. The van der Waals surface area contributed by atoms with Crippen LogP contribution in [0.3, 0.4) is 0 Å². The summed E-state index contributed by atoms with van der Waals surface area (Å²) in [5, 5.41) is 6.11. The third kappa shape index (κ3) is 2.22. The van der Waals surface area contributed by atoms with Gasteiger partial charge in [0.15, 0.2) is 0 Å². The van der Waals surface area contributed by atoms with Crippen LogP contribution >= 0.6 is 0 Å². The van der Waals surface area contributed by atoms with Gasteiger partial charge in [-0.05, 0) is 25.3 Å². The molecule has 3 aliphatic heterocycles. The maximum atomic E-state index is 11.5. The summed E-state index contributed by atoms with van der Waals surface area (Å²) < 4.78 is 0. The largest absolute Gasteiger partial charge is 0.329 e. The standard InChI is InChI=1S/C12H20N4O2/c17-11-6-14-12(18)16(11)5-4-15-7-9-2-1-3-13-10(9)8-15/h9-10,13H,1-8H2,(H,14,18)/t9-,10+/m0/s1. The second-order valence-electron chi connectivity index (χ2n) is 5.43. The number of amides is 3. The molecule has 0 radical (unpaired) electrons. The Kier molecular flexibility index (Phi) is 3.22. The van der Waals surface area contributed by atoms with Gasteiger partial charge in [0.1, 0.15) is 0 Å². The molecule has 0 saturated carbocycles. The van der Waals surface area contributed by atoms with E-state index in [0.29, 0.717) is 12.6 Å². The van der Waals surface area contributed by atoms with Gasteiger partial charge in [-0.15, -0.1) is 0 Å². The number of carbonyl (C=O) groups is 2. The monoisotopic (exact) mass is 252 g/mol. The zero-order valence-electron chi connectivity index (χ0n) is 10.5. The van der Waals surface area contributed by atoms with Crippen molar-refractivity contribution in [3.8, 4) is 0 Å². The number of hydrogen-bond donors (Lipinski definition) is 2. The van der Waals surface area contributed by atoms with Crippen LogP contribution in [0.25, 0.3) is 0 Å². The van der Waals surface area contributed by atoms with E-state index < -0.39 is 0 Å². The number of urea groups is 1. The van der Waals surface area contributed by atoms with E-state index in [0.717, 1.165) is 32.1 Å². The summed E-state index contributed by atoms with van der Waals surface area (Å²) in [6.07, 6.45) is 2.57. The fourth-order valence-corrected chi connectivity index (χ4v) is 3.24. The number of imide groups is 1. The van der Waals surface area contributed by atoms with Crippen molar-refractivity contribution in [3.05, 3.63) is 0 Å². The highest BCUT2D eigenvalue weighted by Crippen LogP contribution is 2.24. The maximum Gasteiger partial charge on any atom is 0.324 e. The van der Waals surface area contributed by atoms with Crippen LogP contribution in [0.2, 0.25) is 0 Å². The molecule has 0 aromatic carbocycles. The molecule has 3 rings (SSSR count). The summed E-state index contributed by atoms with van der Waals surface area (Å²) in [5.74, 6) is 0.650. The first-order valence-electron chi connectivity index (χ1n) is 6.78. The van der Waals surface area contributed by atoms with E-state index in [1.807, 2.05) is 0 Å². The molecule has 3 heterocycles. The Morgan fingerprint density at radius 2 is 2.11 bits per heavy atom. The van der Waals surface area contributed by atoms with Crippen molar-refractivity contribution in [1.82, 2.24) is 20.4 Å². The molecule has 6 heteroatoms. The minimum absolute atomic E-state index is 0.102. The van der Waals surface area contributed by atoms with E-state index in [1.54, 1.807) is 0 Å². The summed E-state index contributed by atoms with van der Waals surface area (Å²) in [4.78, 5) is 26.6. The average Bonchev–Trinajstić information content (AvgIpc) is 2.91. The fourth-order valence-electron chi connectivity index (χ4n) is 3.24. The number of likely N-dealkylation sites (tertiary alicyclic amines) is 1. The summed E-state index contributed by atoms with van der Waals surface area (Å²) in [6.45, 7) is 4.75. The molecule has 3 aliphatic rings. The molecule has 3 saturated heterocycles. The van der Waals surface area contributed by atoms with Gasteiger partial charge in [0.25, 0.3) is 0 Å². The lowest BCUT2D eigenvalue weighted by Crippen LogP contribution is -2.41.